The molecular formula is C15H18N2O2. The molecular weight excluding hydrogens is 240 g/mol. The van der Waals surface area contributed by atoms with E-state index in [1.165, 1.54) is 0 Å². The van der Waals surface area contributed by atoms with E-state index in [9.17, 15) is 4.79 Å². The van der Waals surface area contributed by atoms with E-state index < -0.39 is 0 Å². The largest absolute Gasteiger partial charge is 0.381 e. The number of fused-ring (bicyclic) bond motifs is 1. The molecule has 2 unspecified atom stereocenters. The summed E-state index contributed by atoms with van der Waals surface area (Å²) in [6.07, 6.45) is 2.82. The van der Waals surface area contributed by atoms with E-state index >= 15 is 0 Å². The number of nitrogens with two attached hydrogens (primary N) is 1. The van der Waals surface area contributed by atoms with Crippen LogP contribution >= 0.6 is 0 Å². The summed E-state index contributed by atoms with van der Waals surface area (Å²) < 4.78 is 7.06. The second-order valence-corrected chi connectivity index (χ2v) is 5.15. The molecule has 1 aromatic carbocycles. The molecule has 2 atom stereocenters. The standard InChI is InChI=1S/C15H18N2O2/c16-14(12-6-8-19-10-12)9-17-7-5-11-3-1-2-4-13(11)15(17)18/h1-5,7,12,14H,6,8-10,16H2. The summed E-state index contributed by atoms with van der Waals surface area (Å²) in [5, 5.41) is 1.72. The maximum absolute atomic E-state index is 12.4. The highest BCUT2D eigenvalue weighted by Gasteiger charge is 2.23. The second-order valence-electron chi connectivity index (χ2n) is 5.15. The minimum Gasteiger partial charge on any atom is -0.381 e. The van der Waals surface area contributed by atoms with Crippen molar-refractivity contribution in [2.24, 2.45) is 11.7 Å². The molecule has 2 aromatic rings. The van der Waals surface area contributed by atoms with Gasteiger partial charge < -0.3 is 15.0 Å². The van der Waals surface area contributed by atoms with E-state index in [2.05, 4.69) is 0 Å². The third-order valence-corrected chi connectivity index (χ3v) is 3.86. The zero-order chi connectivity index (χ0) is 13.2. The van der Waals surface area contributed by atoms with Gasteiger partial charge in [0.25, 0.3) is 5.56 Å². The summed E-state index contributed by atoms with van der Waals surface area (Å²) in [5.41, 5.74) is 6.22. The third kappa shape index (κ3) is 2.41. The molecule has 2 heterocycles. The first-order valence-corrected chi connectivity index (χ1v) is 6.67. The van der Waals surface area contributed by atoms with Crippen molar-refractivity contribution in [3.8, 4) is 0 Å². The topological polar surface area (TPSA) is 57.2 Å². The Balaban J connectivity index is 1.88. The van der Waals surface area contributed by atoms with E-state index in [1.54, 1.807) is 4.57 Å². The first-order valence-electron chi connectivity index (χ1n) is 6.67. The SMILES string of the molecule is NC(Cn1ccc2ccccc2c1=O)C1CCOC1. The van der Waals surface area contributed by atoms with Gasteiger partial charge in [-0.3, -0.25) is 4.79 Å². The Kier molecular flexibility index (Phi) is 3.36. The van der Waals surface area contributed by atoms with Gasteiger partial charge in [-0.05, 0) is 23.9 Å². The first-order chi connectivity index (χ1) is 9.25. The summed E-state index contributed by atoms with van der Waals surface area (Å²) in [4.78, 5) is 12.4. The molecule has 1 fully saturated rings. The average molecular weight is 258 g/mol. The smallest absolute Gasteiger partial charge is 0.258 e. The molecule has 4 nitrogen and oxygen atoms in total. The van der Waals surface area contributed by atoms with Gasteiger partial charge in [0.05, 0.1) is 6.61 Å². The normalized spacial score (nSPS) is 20.8. The molecule has 1 aromatic heterocycles. The molecule has 0 aliphatic carbocycles. The van der Waals surface area contributed by atoms with Crippen LogP contribution in [0.1, 0.15) is 6.42 Å². The van der Waals surface area contributed by atoms with Crippen LogP contribution in [0, 0.1) is 5.92 Å². The number of aromatic nitrogens is 1. The van der Waals surface area contributed by atoms with E-state index in [0.717, 1.165) is 23.8 Å². The Hall–Kier alpha value is -1.65. The van der Waals surface area contributed by atoms with Gasteiger partial charge in [-0.15, -0.1) is 0 Å². The van der Waals surface area contributed by atoms with Crippen molar-refractivity contribution in [1.29, 1.82) is 0 Å². The highest BCUT2D eigenvalue weighted by molar-refractivity contribution is 5.81. The molecule has 0 radical (unpaired) electrons. The van der Waals surface area contributed by atoms with Gasteiger partial charge in [0.15, 0.2) is 0 Å². The number of rotatable bonds is 3. The Morgan fingerprint density at radius 1 is 1.37 bits per heavy atom. The molecule has 0 amide bonds. The predicted octanol–water partition coefficient (Wildman–Crippen LogP) is 1.37. The van der Waals surface area contributed by atoms with Gasteiger partial charge in [-0.25, -0.2) is 0 Å². The van der Waals surface area contributed by atoms with Gasteiger partial charge in [-0.1, -0.05) is 18.2 Å². The Morgan fingerprint density at radius 3 is 3.00 bits per heavy atom. The Bertz CT molecular complexity index is 629. The zero-order valence-corrected chi connectivity index (χ0v) is 10.8. The Morgan fingerprint density at radius 2 is 2.21 bits per heavy atom. The maximum Gasteiger partial charge on any atom is 0.258 e. The third-order valence-electron chi connectivity index (χ3n) is 3.86. The molecule has 1 saturated heterocycles. The van der Waals surface area contributed by atoms with Crippen LogP contribution in [-0.2, 0) is 11.3 Å². The van der Waals surface area contributed by atoms with E-state index in [-0.39, 0.29) is 11.6 Å². The van der Waals surface area contributed by atoms with Gasteiger partial charge in [0.1, 0.15) is 0 Å². The molecule has 19 heavy (non-hydrogen) atoms. The fourth-order valence-electron chi connectivity index (χ4n) is 2.64. The van der Waals surface area contributed by atoms with E-state index in [0.29, 0.717) is 19.1 Å². The van der Waals surface area contributed by atoms with Crippen molar-refractivity contribution in [3.05, 3.63) is 46.9 Å². The lowest BCUT2D eigenvalue weighted by Gasteiger charge is -2.19. The molecule has 4 heteroatoms. The van der Waals surface area contributed by atoms with Crippen molar-refractivity contribution >= 4 is 10.8 Å². The molecule has 0 saturated carbocycles. The highest BCUT2D eigenvalue weighted by Crippen LogP contribution is 2.16. The number of hydrogen-bond acceptors (Lipinski definition) is 3. The van der Waals surface area contributed by atoms with Crippen molar-refractivity contribution < 1.29 is 4.74 Å². The summed E-state index contributed by atoms with van der Waals surface area (Å²) in [6, 6.07) is 9.58. The van der Waals surface area contributed by atoms with Gasteiger partial charge in [0, 0.05) is 36.7 Å². The van der Waals surface area contributed by atoms with Crippen LogP contribution in [0.2, 0.25) is 0 Å². The van der Waals surface area contributed by atoms with Crippen molar-refractivity contribution in [2.45, 2.75) is 19.0 Å². The minimum atomic E-state index is -0.0265. The average Bonchev–Trinajstić information content (AvgIpc) is 2.96. The van der Waals surface area contributed by atoms with Gasteiger partial charge in [0.2, 0.25) is 0 Å². The van der Waals surface area contributed by atoms with Gasteiger partial charge in [-0.2, -0.15) is 0 Å². The van der Waals surface area contributed by atoms with E-state index in [4.69, 9.17) is 10.5 Å². The lowest BCUT2D eigenvalue weighted by Crippen LogP contribution is -2.37. The van der Waals surface area contributed by atoms with E-state index in [1.807, 2.05) is 36.5 Å². The van der Waals surface area contributed by atoms with Crippen LogP contribution in [0.5, 0.6) is 0 Å². The maximum atomic E-state index is 12.4. The van der Waals surface area contributed by atoms with Crippen LogP contribution in [-0.4, -0.2) is 23.8 Å². The highest BCUT2D eigenvalue weighted by atomic mass is 16.5. The quantitative estimate of drug-likeness (QED) is 0.904. The van der Waals surface area contributed by atoms with Crippen molar-refractivity contribution in [3.63, 3.8) is 0 Å². The molecule has 100 valence electrons. The minimum absolute atomic E-state index is 0.0265. The molecule has 0 bridgehead atoms. The number of pyridine rings is 1. The number of benzene rings is 1. The lowest BCUT2D eigenvalue weighted by atomic mass is 10.00. The summed E-state index contributed by atoms with van der Waals surface area (Å²) in [6.45, 7) is 2.05. The molecule has 1 aliphatic heterocycles. The van der Waals surface area contributed by atoms with Crippen LogP contribution in [0.25, 0.3) is 10.8 Å². The first kappa shape index (κ1) is 12.4. The lowest BCUT2D eigenvalue weighted by molar-refractivity contribution is 0.178. The van der Waals surface area contributed by atoms with Gasteiger partial charge >= 0.3 is 0 Å². The summed E-state index contributed by atoms with van der Waals surface area (Å²) in [7, 11) is 0. The molecule has 2 N–H and O–H groups in total. The second kappa shape index (κ2) is 5.15. The monoisotopic (exact) mass is 258 g/mol. The zero-order valence-electron chi connectivity index (χ0n) is 10.8. The summed E-state index contributed by atoms with van der Waals surface area (Å²) in [5.74, 6) is 0.360. The summed E-state index contributed by atoms with van der Waals surface area (Å²) >= 11 is 0. The predicted molar refractivity (Wildman–Crippen MR) is 75.1 cm³/mol. The fourth-order valence-corrected chi connectivity index (χ4v) is 2.64. The van der Waals surface area contributed by atoms with Crippen LogP contribution in [0.3, 0.4) is 0 Å². The number of ether oxygens (including phenoxy) is 1. The van der Waals surface area contributed by atoms with Crippen molar-refractivity contribution in [1.82, 2.24) is 4.57 Å². The molecule has 0 spiro atoms. The number of hydrogen-bond donors (Lipinski definition) is 1. The van der Waals surface area contributed by atoms with Crippen LogP contribution in [0.4, 0.5) is 0 Å². The molecule has 3 rings (SSSR count). The molecule has 1 aliphatic rings. The fraction of sp³-hybridized carbons (Fsp3) is 0.400. The van der Waals surface area contributed by atoms with Crippen LogP contribution < -0.4 is 11.3 Å². The van der Waals surface area contributed by atoms with Crippen LogP contribution in [0.15, 0.2) is 41.3 Å². The number of nitrogens with zero attached hydrogens (tertiary/aromatic N) is 1. The van der Waals surface area contributed by atoms with Crippen molar-refractivity contribution in [2.75, 3.05) is 13.2 Å². The Labute approximate surface area is 111 Å².